The first kappa shape index (κ1) is 13.7. The third-order valence-corrected chi connectivity index (χ3v) is 4.45. The van der Waals surface area contributed by atoms with Gasteiger partial charge in [0.05, 0.1) is 10.6 Å². The van der Waals surface area contributed by atoms with Gasteiger partial charge in [-0.1, -0.05) is 11.6 Å². The molecule has 0 bridgehead atoms. The molecule has 2 aliphatic rings. The van der Waals surface area contributed by atoms with Crippen LogP contribution in [0.4, 0.5) is 5.69 Å². The monoisotopic (exact) mass is 294 g/mol. The van der Waals surface area contributed by atoms with Gasteiger partial charge in [0, 0.05) is 38.4 Å². The molecular weight excluding hydrogens is 276 g/mol. The SMILES string of the molecule is O=C(O)c1ccc(N2CCN(CC3CC3)CC2)cc1Cl. The van der Waals surface area contributed by atoms with E-state index in [-0.39, 0.29) is 5.56 Å². The molecule has 1 saturated carbocycles. The fraction of sp³-hybridized carbons (Fsp3) is 0.533. The molecule has 0 radical (unpaired) electrons. The quantitative estimate of drug-likeness (QED) is 0.927. The summed E-state index contributed by atoms with van der Waals surface area (Å²) in [6.07, 6.45) is 2.79. The number of piperazine rings is 1. The molecule has 0 amide bonds. The van der Waals surface area contributed by atoms with Crippen molar-refractivity contribution in [1.82, 2.24) is 4.90 Å². The van der Waals surface area contributed by atoms with Gasteiger partial charge in [-0.15, -0.1) is 0 Å². The zero-order valence-electron chi connectivity index (χ0n) is 11.4. The van der Waals surface area contributed by atoms with Crippen LogP contribution in [0.1, 0.15) is 23.2 Å². The van der Waals surface area contributed by atoms with Crippen molar-refractivity contribution in [2.75, 3.05) is 37.6 Å². The molecule has 1 saturated heterocycles. The molecule has 20 heavy (non-hydrogen) atoms. The Morgan fingerprint density at radius 3 is 2.50 bits per heavy atom. The topological polar surface area (TPSA) is 43.8 Å². The second kappa shape index (κ2) is 5.62. The average Bonchev–Trinajstić information content (AvgIpc) is 3.23. The maximum Gasteiger partial charge on any atom is 0.337 e. The minimum atomic E-state index is -0.976. The number of anilines is 1. The molecule has 1 N–H and O–H groups in total. The van der Waals surface area contributed by atoms with Gasteiger partial charge in [-0.05, 0) is 37.0 Å². The lowest BCUT2D eigenvalue weighted by molar-refractivity contribution is 0.0697. The highest BCUT2D eigenvalue weighted by Crippen LogP contribution is 2.30. The van der Waals surface area contributed by atoms with E-state index in [2.05, 4.69) is 9.80 Å². The number of aromatic carboxylic acids is 1. The molecule has 1 aliphatic heterocycles. The Hall–Kier alpha value is -1.26. The lowest BCUT2D eigenvalue weighted by atomic mass is 10.1. The predicted molar refractivity (Wildman–Crippen MR) is 79.8 cm³/mol. The predicted octanol–water partition coefficient (Wildman–Crippen LogP) is 2.57. The van der Waals surface area contributed by atoms with Crippen LogP contribution in [0.2, 0.25) is 5.02 Å². The molecule has 1 aromatic rings. The highest BCUT2D eigenvalue weighted by molar-refractivity contribution is 6.33. The Balaban J connectivity index is 1.62. The van der Waals surface area contributed by atoms with Gasteiger partial charge in [0.2, 0.25) is 0 Å². The lowest BCUT2D eigenvalue weighted by Crippen LogP contribution is -2.47. The summed E-state index contributed by atoms with van der Waals surface area (Å²) in [5.41, 5.74) is 1.19. The third-order valence-electron chi connectivity index (χ3n) is 4.13. The van der Waals surface area contributed by atoms with E-state index < -0.39 is 5.97 Å². The molecule has 5 heteroatoms. The van der Waals surface area contributed by atoms with Crippen molar-refractivity contribution in [2.24, 2.45) is 5.92 Å². The molecule has 0 spiro atoms. The van der Waals surface area contributed by atoms with Crippen LogP contribution in [-0.4, -0.2) is 48.7 Å². The number of halogens is 1. The second-order valence-corrected chi connectivity index (χ2v) is 6.11. The number of carbonyl (C=O) groups is 1. The molecular formula is C15H19ClN2O2. The van der Waals surface area contributed by atoms with Crippen LogP contribution in [-0.2, 0) is 0 Å². The van der Waals surface area contributed by atoms with Crippen LogP contribution in [0.25, 0.3) is 0 Å². The Kier molecular flexibility index (Phi) is 3.85. The van der Waals surface area contributed by atoms with Crippen molar-refractivity contribution >= 4 is 23.3 Å². The van der Waals surface area contributed by atoms with E-state index in [4.69, 9.17) is 16.7 Å². The van der Waals surface area contributed by atoms with Crippen molar-refractivity contribution < 1.29 is 9.90 Å². The molecule has 108 valence electrons. The van der Waals surface area contributed by atoms with Gasteiger partial charge >= 0.3 is 5.97 Å². The molecule has 1 aromatic carbocycles. The van der Waals surface area contributed by atoms with Gasteiger partial charge in [0.25, 0.3) is 0 Å². The van der Waals surface area contributed by atoms with Crippen molar-refractivity contribution in [3.8, 4) is 0 Å². The van der Waals surface area contributed by atoms with Crippen LogP contribution < -0.4 is 4.90 Å². The van der Waals surface area contributed by atoms with E-state index in [0.29, 0.717) is 5.02 Å². The van der Waals surface area contributed by atoms with Crippen LogP contribution in [0, 0.1) is 5.92 Å². The van der Waals surface area contributed by atoms with E-state index >= 15 is 0 Å². The van der Waals surface area contributed by atoms with Crippen molar-refractivity contribution in [2.45, 2.75) is 12.8 Å². The minimum absolute atomic E-state index is 0.169. The normalized spacial score (nSPS) is 20.1. The maximum atomic E-state index is 11.0. The summed E-state index contributed by atoms with van der Waals surface area (Å²) in [5.74, 6) is -0.0401. The van der Waals surface area contributed by atoms with Gasteiger partial charge in [0.15, 0.2) is 0 Å². The van der Waals surface area contributed by atoms with E-state index in [9.17, 15) is 4.79 Å². The molecule has 1 aliphatic carbocycles. The zero-order chi connectivity index (χ0) is 14.1. The summed E-state index contributed by atoms with van der Waals surface area (Å²) >= 11 is 6.03. The largest absolute Gasteiger partial charge is 0.478 e. The molecule has 1 heterocycles. The van der Waals surface area contributed by atoms with Crippen LogP contribution in [0.5, 0.6) is 0 Å². The van der Waals surface area contributed by atoms with Crippen molar-refractivity contribution in [3.63, 3.8) is 0 Å². The van der Waals surface area contributed by atoms with Crippen LogP contribution in [0.15, 0.2) is 18.2 Å². The van der Waals surface area contributed by atoms with E-state index in [1.165, 1.54) is 19.4 Å². The summed E-state index contributed by atoms with van der Waals surface area (Å²) < 4.78 is 0. The van der Waals surface area contributed by atoms with Crippen molar-refractivity contribution in [1.29, 1.82) is 0 Å². The second-order valence-electron chi connectivity index (χ2n) is 5.70. The molecule has 2 fully saturated rings. The maximum absolute atomic E-state index is 11.0. The molecule has 0 atom stereocenters. The van der Waals surface area contributed by atoms with Gasteiger partial charge in [-0.25, -0.2) is 4.79 Å². The van der Waals surface area contributed by atoms with Gasteiger partial charge in [-0.2, -0.15) is 0 Å². The first-order valence-corrected chi connectivity index (χ1v) is 7.51. The Labute approximate surface area is 123 Å². The summed E-state index contributed by atoms with van der Waals surface area (Å²) in [5, 5.41) is 9.30. The van der Waals surface area contributed by atoms with Gasteiger partial charge < -0.3 is 10.0 Å². The smallest absolute Gasteiger partial charge is 0.337 e. The highest BCUT2D eigenvalue weighted by atomic mass is 35.5. The molecule has 4 nitrogen and oxygen atoms in total. The van der Waals surface area contributed by atoms with E-state index in [1.54, 1.807) is 12.1 Å². The number of benzene rings is 1. The number of hydrogen-bond acceptors (Lipinski definition) is 3. The first-order valence-electron chi connectivity index (χ1n) is 7.13. The number of carboxylic acids is 1. The van der Waals surface area contributed by atoms with Crippen molar-refractivity contribution in [3.05, 3.63) is 28.8 Å². The first-order chi connectivity index (χ1) is 9.63. The highest BCUT2D eigenvalue weighted by Gasteiger charge is 2.26. The fourth-order valence-corrected chi connectivity index (χ4v) is 2.98. The summed E-state index contributed by atoms with van der Waals surface area (Å²) in [7, 11) is 0. The Morgan fingerprint density at radius 2 is 1.95 bits per heavy atom. The van der Waals surface area contributed by atoms with E-state index in [0.717, 1.165) is 37.8 Å². The minimum Gasteiger partial charge on any atom is -0.478 e. The third kappa shape index (κ3) is 3.07. The number of hydrogen-bond donors (Lipinski definition) is 1. The molecule has 0 aromatic heterocycles. The van der Waals surface area contributed by atoms with Gasteiger partial charge in [0.1, 0.15) is 0 Å². The van der Waals surface area contributed by atoms with Crippen LogP contribution in [0.3, 0.4) is 0 Å². The van der Waals surface area contributed by atoms with Gasteiger partial charge in [-0.3, -0.25) is 4.90 Å². The number of carboxylic acid groups (broad SMARTS) is 1. The number of nitrogens with zero attached hydrogens (tertiary/aromatic N) is 2. The standard InChI is InChI=1S/C15H19ClN2O2/c16-14-9-12(3-4-13(14)15(19)20)18-7-5-17(6-8-18)10-11-1-2-11/h3-4,9,11H,1-2,5-8,10H2,(H,19,20). The lowest BCUT2D eigenvalue weighted by Gasteiger charge is -2.36. The Bertz CT molecular complexity index is 509. The Morgan fingerprint density at radius 1 is 1.25 bits per heavy atom. The average molecular weight is 295 g/mol. The summed E-state index contributed by atoms with van der Waals surface area (Å²) in [6, 6.07) is 5.21. The fourth-order valence-electron chi connectivity index (χ4n) is 2.73. The van der Waals surface area contributed by atoms with Crippen LogP contribution >= 0.6 is 11.6 Å². The summed E-state index contributed by atoms with van der Waals surface area (Å²) in [6.45, 7) is 5.36. The molecule has 3 rings (SSSR count). The molecule has 0 unspecified atom stereocenters. The van der Waals surface area contributed by atoms with E-state index in [1.807, 2.05) is 6.07 Å². The summed E-state index contributed by atoms with van der Waals surface area (Å²) in [4.78, 5) is 15.8. The number of rotatable bonds is 4. The zero-order valence-corrected chi connectivity index (χ0v) is 12.1.